The minimum atomic E-state index is -0.579. The Hall–Kier alpha value is -2.58. The predicted octanol–water partition coefficient (Wildman–Crippen LogP) is 0.197. The molecule has 3 heterocycles. The van der Waals surface area contributed by atoms with Gasteiger partial charge in [0.2, 0.25) is 11.8 Å². The highest BCUT2D eigenvalue weighted by molar-refractivity contribution is 6.05. The second-order valence-corrected chi connectivity index (χ2v) is 8.41. The van der Waals surface area contributed by atoms with E-state index in [9.17, 15) is 19.2 Å². The Morgan fingerprint density at radius 3 is 2.53 bits per heavy atom. The summed E-state index contributed by atoms with van der Waals surface area (Å²) < 4.78 is 0. The summed E-state index contributed by atoms with van der Waals surface area (Å²) in [6, 6.07) is 5.22. The summed E-state index contributed by atoms with van der Waals surface area (Å²) in [4.78, 5) is 54.1. The highest BCUT2D eigenvalue weighted by atomic mass is 16.2. The number of carbonyl (C=O) groups is 4. The van der Waals surface area contributed by atoms with Crippen LogP contribution >= 0.6 is 0 Å². The summed E-state index contributed by atoms with van der Waals surface area (Å²) in [6.07, 6.45) is 1.48. The standard InChI is InChI=1S/C22H28N4O4/c1-15(27)13-25-11-9-24(10-12-25)8-7-16-3-2-4-17-18(16)14-26(22(17)30)19-5-6-20(28)23-21(19)29/h2-4,19H,5-14H2,1H3,(H,23,28,29). The summed E-state index contributed by atoms with van der Waals surface area (Å²) in [5.74, 6) is -0.574. The van der Waals surface area contributed by atoms with E-state index in [2.05, 4.69) is 21.2 Å². The lowest BCUT2D eigenvalue weighted by Crippen LogP contribution is -2.52. The normalized spacial score (nSPS) is 22.9. The second-order valence-electron chi connectivity index (χ2n) is 8.41. The number of rotatable bonds is 6. The maximum Gasteiger partial charge on any atom is 0.255 e. The van der Waals surface area contributed by atoms with Crippen molar-refractivity contribution in [3.05, 3.63) is 34.9 Å². The molecule has 8 nitrogen and oxygen atoms in total. The zero-order valence-corrected chi connectivity index (χ0v) is 17.4. The summed E-state index contributed by atoms with van der Waals surface area (Å²) in [5.41, 5.74) is 2.81. The van der Waals surface area contributed by atoms with Crippen molar-refractivity contribution in [2.45, 2.75) is 38.8 Å². The molecule has 0 radical (unpaired) electrons. The van der Waals surface area contributed by atoms with Gasteiger partial charge >= 0.3 is 0 Å². The van der Waals surface area contributed by atoms with E-state index in [1.165, 1.54) is 0 Å². The third-order valence-electron chi connectivity index (χ3n) is 6.29. The van der Waals surface area contributed by atoms with Crippen LogP contribution in [0, 0.1) is 0 Å². The number of nitrogens with zero attached hydrogens (tertiary/aromatic N) is 3. The van der Waals surface area contributed by atoms with Crippen LogP contribution in [0.15, 0.2) is 18.2 Å². The van der Waals surface area contributed by atoms with Crippen LogP contribution < -0.4 is 5.32 Å². The van der Waals surface area contributed by atoms with Gasteiger partial charge in [0.05, 0.1) is 6.54 Å². The number of ketones is 1. The number of imide groups is 1. The van der Waals surface area contributed by atoms with E-state index < -0.39 is 6.04 Å². The maximum atomic E-state index is 12.9. The van der Waals surface area contributed by atoms with Crippen molar-refractivity contribution in [2.24, 2.45) is 0 Å². The molecule has 0 saturated carbocycles. The molecule has 0 aliphatic carbocycles. The Morgan fingerprint density at radius 1 is 1.10 bits per heavy atom. The van der Waals surface area contributed by atoms with Crippen LogP contribution in [0.25, 0.3) is 0 Å². The molecule has 1 unspecified atom stereocenters. The number of amides is 3. The fraction of sp³-hybridized carbons (Fsp3) is 0.545. The lowest BCUT2D eigenvalue weighted by atomic mass is 10.0. The van der Waals surface area contributed by atoms with Crippen LogP contribution in [0.2, 0.25) is 0 Å². The quantitative estimate of drug-likeness (QED) is 0.672. The molecule has 1 aromatic rings. The van der Waals surface area contributed by atoms with Gasteiger partial charge in [-0.15, -0.1) is 0 Å². The van der Waals surface area contributed by atoms with Gasteiger partial charge in [0.1, 0.15) is 11.8 Å². The van der Waals surface area contributed by atoms with Gasteiger partial charge in [-0.1, -0.05) is 12.1 Å². The van der Waals surface area contributed by atoms with Crippen LogP contribution in [0.5, 0.6) is 0 Å². The van der Waals surface area contributed by atoms with Crippen molar-refractivity contribution in [1.82, 2.24) is 20.0 Å². The third-order valence-corrected chi connectivity index (χ3v) is 6.29. The van der Waals surface area contributed by atoms with Gasteiger partial charge in [0.25, 0.3) is 5.91 Å². The first-order valence-corrected chi connectivity index (χ1v) is 10.6. The van der Waals surface area contributed by atoms with Crippen LogP contribution in [0.3, 0.4) is 0 Å². The van der Waals surface area contributed by atoms with Gasteiger partial charge in [-0.25, -0.2) is 0 Å². The Labute approximate surface area is 176 Å². The number of carbonyl (C=O) groups excluding carboxylic acids is 4. The monoisotopic (exact) mass is 412 g/mol. The molecule has 4 rings (SSSR count). The number of nitrogens with one attached hydrogen (secondary N) is 1. The molecule has 0 bridgehead atoms. The van der Waals surface area contributed by atoms with Crippen molar-refractivity contribution in [1.29, 1.82) is 0 Å². The van der Waals surface area contributed by atoms with Gasteiger partial charge in [-0.05, 0) is 37.0 Å². The first-order chi connectivity index (χ1) is 14.4. The summed E-state index contributed by atoms with van der Waals surface area (Å²) >= 11 is 0. The van der Waals surface area contributed by atoms with Gasteiger partial charge in [-0.2, -0.15) is 0 Å². The molecule has 2 saturated heterocycles. The Bertz CT molecular complexity index is 876. The topological polar surface area (TPSA) is 90.0 Å². The van der Waals surface area contributed by atoms with E-state index in [4.69, 9.17) is 0 Å². The third kappa shape index (κ3) is 4.29. The van der Waals surface area contributed by atoms with E-state index in [1.807, 2.05) is 12.1 Å². The SMILES string of the molecule is CC(=O)CN1CCN(CCc2cccc3c2CN(C2CCC(=O)NC2=O)C3=O)CC1. The largest absolute Gasteiger partial charge is 0.322 e. The number of hydrogen-bond donors (Lipinski definition) is 1. The average molecular weight is 412 g/mol. The molecule has 160 valence electrons. The molecular weight excluding hydrogens is 384 g/mol. The van der Waals surface area contributed by atoms with Crippen molar-refractivity contribution < 1.29 is 19.2 Å². The molecule has 1 N–H and O–H groups in total. The second kappa shape index (κ2) is 8.65. The predicted molar refractivity (Wildman–Crippen MR) is 110 cm³/mol. The minimum Gasteiger partial charge on any atom is -0.322 e. The van der Waals surface area contributed by atoms with E-state index >= 15 is 0 Å². The number of benzene rings is 1. The van der Waals surface area contributed by atoms with Crippen LogP contribution in [0.4, 0.5) is 0 Å². The van der Waals surface area contributed by atoms with Crippen LogP contribution in [-0.2, 0) is 27.3 Å². The molecule has 3 aliphatic rings. The molecule has 8 heteroatoms. The lowest BCUT2D eigenvalue weighted by molar-refractivity contribution is -0.137. The molecular formula is C22H28N4O4. The van der Waals surface area contributed by atoms with Crippen molar-refractivity contribution in [3.63, 3.8) is 0 Å². The highest BCUT2D eigenvalue weighted by Crippen LogP contribution is 2.30. The smallest absolute Gasteiger partial charge is 0.255 e. The number of fused-ring (bicyclic) bond motifs is 1. The Balaban J connectivity index is 1.38. The maximum absolute atomic E-state index is 12.9. The Kier molecular flexibility index (Phi) is 5.97. The van der Waals surface area contributed by atoms with Crippen LogP contribution in [0.1, 0.15) is 41.3 Å². The van der Waals surface area contributed by atoms with Gasteiger partial charge in [0.15, 0.2) is 0 Å². The number of Topliss-reactive ketones (excluding diaryl/α,β-unsaturated/α-hetero) is 1. The van der Waals surface area contributed by atoms with E-state index in [-0.39, 0.29) is 29.9 Å². The molecule has 3 amide bonds. The van der Waals surface area contributed by atoms with Gasteiger partial charge < -0.3 is 9.80 Å². The first kappa shape index (κ1) is 20.7. The summed E-state index contributed by atoms with van der Waals surface area (Å²) in [7, 11) is 0. The molecule has 1 aromatic carbocycles. The van der Waals surface area contributed by atoms with Crippen molar-refractivity contribution >= 4 is 23.5 Å². The lowest BCUT2D eigenvalue weighted by Gasteiger charge is -2.34. The molecule has 1 atom stereocenters. The summed E-state index contributed by atoms with van der Waals surface area (Å²) in [5, 5.41) is 2.35. The van der Waals surface area contributed by atoms with Crippen molar-refractivity contribution in [3.8, 4) is 0 Å². The minimum absolute atomic E-state index is 0.126. The number of piperazine rings is 1. The molecule has 2 fully saturated rings. The average Bonchev–Trinajstić information content (AvgIpc) is 3.04. The first-order valence-electron chi connectivity index (χ1n) is 10.6. The molecule has 0 spiro atoms. The fourth-order valence-electron chi connectivity index (χ4n) is 4.65. The van der Waals surface area contributed by atoms with Gasteiger partial charge in [-0.3, -0.25) is 29.4 Å². The summed E-state index contributed by atoms with van der Waals surface area (Å²) in [6.45, 7) is 7.13. The fourth-order valence-corrected chi connectivity index (χ4v) is 4.65. The zero-order valence-electron chi connectivity index (χ0n) is 17.4. The number of hydrogen-bond acceptors (Lipinski definition) is 6. The van der Waals surface area contributed by atoms with Crippen molar-refractivity contribution in [2.75, 3.05) is 39.3 Å². The number of piperidine rings is 1. The molecule has 0 aromatic heterocycles. The molecule has 3 aliphatic heterocycles. The van der Waals surface area contributed by atoms with E-state index in [0.29, 0.717) is 25.1 Å². The Morgan fingerprint density at radius 2 is 1.83 bits per heavy atom. The van der Waals surface area contributed by atoms with E-state index in [0.717, 1.165) is 50.3 Å². The zero-order chi connectivity index (χ0) is 21.3. The highest BCUT2D eigenvalue weighted by Gasteiger charge is 2.39. The van der Waals surface area contributed by atoms with Gasteiger partial charge in [0, 0.05) is 51.3 Å². The molecule has 30 heavy (non-hydrogen) atoms. The van der Waals surface area contributed by atoms with Crippen LogP contribution in [-0.4, -0.2) is 83.5 Å². The van der Waals surface area contributed by atoms with E-state index in [1.54, 1.807) is 11.8 Å².